The van der Waals surface area contributed by atoms with Crippen LogP contribution in [0.25, 0.3) is 0 Å². The summed E-state index contributed by atoms with van der Waals surface area (Å²) in [5.74, 6) is 0. The van der Waals surface area contributed by atoms with Crippen LogP contribution in [0.1, 0.15) is 31.2 Å². The van der Waals surface area contributed by atoms with E-state index in [1.807, 2.05) is 6.92 Å². The van der Waals surface area contributed by atoms with E-state index in [4.69, 9.17) is 4.74 Å². The van der Waals surface area contributed by atoms with E-state index in [1.54, 1.807) is 14.0 Å². The number of aromatic amines is 1. The van der Waals surface area contributed by atoms with Gasteiger partial charge in [-0.3, -0.25) is 5.10 Å². The third-order valence-electron chi connectivity index (χ3n) is 3.78. The van der Waals surface area contributed by atoms with Gasteiger partial charge in [0.1, 0.15) is 4.90 Å². The Morgan fingerprint density at radius 1 is 1.52 bits per heavy atom. The van der Waals surface area contributed by atoms with Crippen LogP contribution in [0.2, 0.25) is 0 Å². The van der Waals surface area contributed by atoms with Crippen molar-refractivity contribution in [3.63, 3.8) is 0 Å². The van der Waals surface area contributed by atoms with Gasteiger partial charge >= 0.3 is 0 Å². The molecule has 0 aromatic carbocycles. The van der Waals surface area contributed by atoms with E-state index >= 15 is 0 Å². The summed E-state index contributed by atoms with van der Waals surface area (Å²) in [6.45, 7) is 5.87. The van der Waals surface area contributed by atoms with Crippen LogP contribution in [0.15, 0.2) is 4.90 Å². The summed E-state index contributed by atoms with van der Waals surface area (Å²) in [5.41, 5.74) is 1.14. The van der Waals surface area contributed by atoms with Gasteiger partial charge in [-0.25, -0.2) is 8.42 Å². The van der Waals surface area contributed by atoms with Crippen molar-refractivity contribution in [3.8, 4) is 0 Å². The first kappa shape index (κ1) is 16.4. The van der Waals surface area contributed by atoms with Gasteiger partial charge in [-0.15, -0.1) is 0 Å². The van der Waals surface area contributed by atoms with E-state index in [0.29, 0.717) is 35.9 Å². The largest absolute Gasteiger partial charge is 0.380 e. The Morgan fingerprint density at radius 2 is 2.29 bits per heavy atom. The van der Waals surface area contributed by atoms with Crippen LogP contribution in [0.5, 0.6) is 0 Å². The second-order valence-electron chi connectivity index (χ2n) is 5.27. The van der Waals surface area contributed by atoms with Gasteiger partial charge in [0.2, 0.25) is 10.0 Å². The minimum absolute atomic E-state index is 0.0297. The Hall–Kier alpha value is -0.960. The fourth-order valence-corrected chi connectivity index (χ4v) is 4.46. The lowest BCUT2D eigenvalue weighted by Crippen LogP contribution is -2.43. The lowest BCUT2D eigenvalue weighted by molar-refractivity contribution is 0.0571. The maximum absolute atomic E-state index is 12.9. The summed E-state index contributed by atoms with van der Waals surface area (Å²) in [5, 5.41) is 10.0. The second-order valence-corrected chi connectivity index (χ2v) is 7.14. The van der Waals surface area contributed by atoms with E-state index in [1.165, 1.54) is 4.31 Å². The molecule has 8 heteroatoms. The summed E-state index contributed by atoms with van der Waals surface area (Å²) in [4.78, 5) is 0.306. The van der Waals surface area contributed by atoms with Gasteiger partial charge in [0, 0.05) is 26.7 Å². The van der Waals surface area contributed by atoms with Crippen molar-refractivity contribution in [1.29, 1.82) is 0 Å². The van der Waals surface area contributed by atoms with Crippen LogP contribution in [-0.4, -0.2) is 55.8 Å². The Kier molecular flexibility index (Phi) is 5.37. The number of hydrogen-bond donors (Lipinski definition) is 2. The second kappa shape index (κ2) is 6.87. The molecule has 2 heterocycles. The van der Waals surface area contributed by atoms with Crippen LogP contribution < -0.4 is 5.32 Å². The van der Waals surface area contributed by atoms with Crippen molar-refractivity contribution >= 4 is 10.0 Å². The molecule has 1 fully saturated rings. The summed E-state index contributed by atoms with van der Waals surface area (Å²) in [6.07, 6.45) is 1.69. The first-order valence-electron chi connectivity index (χ1n) is 7.28. The third-order valence-corrected chi connectivity index (χ3v) is 5.84. The van der Waals surface area contributed by atoms with Gasteiger partial charge in [-0.05, 0) is 26.3 Å². The van der Waals surface area contributed by atoms with E-state index in [2.05, 4.69) is 15.5 Å². The van der Waals surface area contributed by atoms with E-state index in [0.717, 1.165) is 19.4 Å². The molecule has 1 atom stereocenters. The van der Waals surface area contributed by atoms with Gasteiger partial charge in [0.05, 0.1) is 17.5 Å². The summed E-state index contributed by atoms with van der Waals surface area (Å²) < 4.78 is 32.6. The van der Waals surface area contributed by atoms with Crippen molar-refractivity contribution in [2.24, 2.45) is 0 Å². The minimum Gasteiger partial charge on any atom is -0.380 e. The predicted molar refractivity (Wildman–Crippen MR) is 79.5 cm³/mol. The van der Waals surface area contributed by atoms with Crippen molar-refractivity contribution < 1.29 is 13.2 Å². The lowest BCUT2D eigenvalue weighted by atomic mass is 10.1. The van der Waals surface area contributed by atoms with Crippen molar-refractivity contribution in [1.82, 2.24) is 19.8 Å². The van der Waals surface area contributed by atoms with Crippen molar-refractivity contribution in [2.75, 3.05) is 26.7 Å². The molecular formula is C13H24N4O3S. The highest BCUT2D eigenvalue weighted by atomic mass is 32.2. The Balaban J connectivity index is 2.28. The van der Waals surface area contributed by atoms with Gasteiger partial charge in [0.25, 0.3) is 0 Å². The molecule has 1 unspecified atom stereocenters. The zero-order valence-electron chi connectivity index (χ0n) is 12.8. The number of sulfonamides is 1. The molecule has 21 heavy (non-hydrogen) atoms. The molecule has 2 rings (SSSR count). The predicted octanol–water partition coefficient (Wildman–Crippen LogP) is 0.627. The van der Waals surface area contributed by atoms with Crippen LogP contribution in [0.4, 0.5) is 0 Å². The number of aryl methyl sites for hydroxylation is 1. The molecule has 1 saturated heterocycles. The number of aromatic nitrogens is 2. The molecule has 0 saturated carbocycles. The zero-order chi connectivity index (χ0) is 15.5. The van der Waals surface area contributed by atoms with Gasteiger partial charge < -0.3 is 10.1 Å². The van der Waals surface area contributed by atoms with Crippen molar-refractivity contribution in [3.05, 3.63) is 11.4 Å². The topological polar surface area (TPSA) is 87.3 Å². The number of ether oxygens (including phenoxy) is 1. The zero-order valence-corrected chi connectivity index (χ0v) is 13.7. The maximum Gasteiger partial charge on any atom is 0.246 e. The van der Waals surface area contributed by atoms with Crippen LogP contribution in [-0.2, 0) is 21.3 Å². The monoisotopic (exact) mass is 316 g/mol. The summed E-state index contributed by atoms with van der Waals surface area (Å²) in [6, 6.07) is 0. The van der Waals surface area contributed by atoms with E-state index < -0.39 is 10.0 Å². The van der Waals surface area contributed by atoms with Crippen molar-refractivity contribution in [2.45, 2.75) is 44.2 Å². The highest BCUT2D eigenvalue weighted by molar-refractivity contribution is 7.89. The van der Waals surface area contributed by atoms with Crippen LogP contribution in [0.3, 0.4) is 0 Å². The molecule has 2 N–H and O–H groups in total. The molecular weight excluding hydrogens is 292 g/mol. The molecule has 0 radical (unpaired) electrons. The Bertz CT molecular complexity index is 570. The fourth-order valence-electron chi connectivity index (χ4n) is 2.62. The number of hydrogen-bond acceptors (Lipinski definition) is 5. The normalized spacial score (nSPS) is 20.8. The average Bonchev–Trinajstić information content (AvgIpc) is 2.86. The summed E-state index contributed by atoms with van der Waals surface area (Å²) >= 11 is 0. The first-order valence-corrected chi connectivity index (χ1v) is 8.72. The average molecular weight is 316 g/mol. The lowest BCUT2D eigenvalue weighted by Gasteiger charge is -2.31. The quantitative estimate of drug-likeness (QED) is 0.803. The Morgan fingerprint density at radius 3 is 2.95 bits per heavy atom. The molecule has 1 aliphatic heterocycles. The van der Waals surface area contributed by atoms with E-state index in [9.17, 15) is 8.42 Å². The molecule has 7 nitrogen and oxygen atoms in total. The number of piperidine rings is 1. The maximum atomic E-state index is 12.9. The first-order chi connectivity index (χ1) is 10.0. The fraction of sp³-hybridized carbons (Fsp3) is 0.769. The molecule has 120 valence electrons. The third kappa shape index (κ3) is 3.45. The number of nitrogens with one attached hydrogen (secondary N) is 2. The molecule has 0 aliphatic carbocycles. The number of nitrogens with zero attached hydrogens (tertiary/aromatic N) is 2. The molecule has 0 bridgehead atoms. The molecule has 0 amide bonds. The summed E-state index contributed by atoms with van der Waals surface area (Å²) in [7, 11) is -1.91. The van der Waals surface area contributed by atoms with Crippen LogP contribution >= 0.6 is 0 Å². The standard InChI is InChI=1S/C13H24N4O3S/c1-4-14-8-12-13(10(2)15-16-12)21(18,19)17-7-5-6-11(9-17)20-3/h11,14H,4-9H2,1-3H3,(H,15,16). The number of methoxy groups -OCH3 is 1. The molecule has 0 spiro atoms. The van der Waals surface area contributed by atoms with Gasteiger partial charge in [-0.1, -0.05) is 6.92 Å². The van der Waals surface area contributed by atoms with Gasteiger partial charge in [0.15, 0.2) is 0 Å². The minimum atomic E-state index is -3.53. The van der Waals surface area contributed by atoms with Gasteiger partial charge in [-0.2, -0.15) is 9.40 Å². The number of H-pyrrole nitrogens is 1. The van der Waals surface area contributed by atoms with E-state index in [-0.39, 0.29) is 6.10 Å². The molecule has 1 aromatic heterocycles. The SMILES string of the molecule is CCNCc1n[nH]c(C)c1S(=O)(=O)N1CCCC(OC)C1. The molecule has 1 aromatic rings. The molecule has 1 aliphatic rings. The van der Waals surface area contributed by atoms with Crippen LogP contribution in [0, 0.1) is 6.92 Å². The Labute approximate surface area is 126 Å². The highest BCUT2D eigenvalue weighted by Gasteiger charge is 2.34. The highest BCUT2D eigenvalue weighted by Crippen LogP contribution is 2.25. The smallest absolute Gasteiger partial charge is 0.246 e. The number of rotatable bonds is 6.